The quantitative estimate of drug-likeness (QED) is 0.815. The molecule has 0 atom stereocenters. The van der Waals surface area contributed by atoms with Crippen molar-refractivity contribution in [2.45, 2.75) is 0 Å². The Bertz CT molecular complexity index is 601. The standard InChI is InChI=1S/C13H8BrCl2NO/c14-9-3-1-2-4-12(9)17-13(18)8-5-6-10(15)11(16)7-8/h1-7H,(H,17,18). The number of carbonyl (C=O) groups is 1. The predicted octanol–water partition coefficient (Wildman–Crippen LogP) is 5.01. The second kappa shape index (κ2) is 5.74. The molecule has 0 aliphatic heterocycles. The molecule has 0 aliphatic rings. The van der Waals surface area contributed by atoms with Crippen LogP contribution in [-0.4, -0.2) is 5.91 Å². The van der Waals surface area contributed by atoms with Gasteiger partial charge in [0.15, 0.2) is 0 Å². The van der Waals surface area contributed by atoms with Gasteiger partial charge >= 0.3 is 0 Å². The van der Waals surface area contributed by atoms with Gasteiger partial charge in [-0.15, -0.1) is 0 Å². The van der Waals surface area contributed by atoms with Crippen molar-refractivity contribution in [3.63, 3.8) is 0 Å². The van der Waals surface area contributed by atoms with Gasteiger partial charge in [0.2, 0.25) is 0 Å². The van der Waals surface area contributed by atoms with Crippen molar-refractivity contribution < 1.29 is 4.79 Å². The number of carbonyl (C=O) groups excluding carboxylic acids is 1. The predicted molar refractivity (Wildman–Crippen MR) is 78.6 cm³/mol. The first-order chi connectivity index (χ1) is 8.58. The van der Waals surface area contributed by atoms with E-state index in [0.717, 1.165) is 4.47 Å². The highest BCUT2D eigenvalue weighted by molar-refractivity contribution is 9.10. The Morgan fingerprint density at radius 1 is 1.06 bits per heavy atom. The third-order valence-electron chi connectivity index (χ3n) is 2.30. The van der Waals surface area contributed by atoms with Gasteiger partial charge in [0.05, 0.1) is 15.7 Å². The van der Waals surface area contributed by atoms with Gasteiger partial charge in [0.25, 0.3) is 5.91 Å². The average molecular weight is 345 g/mol. The maximum Gasteiger partial charge on any atom is 0.255 e. The van der Waals surface area contributed by atoms with Crippen molar-refractivity contribution in [3.05, 3.63) is 62.5 Å². The van der Waals surface area contributed by atoms with Crippen LogP contribution < -0.4 is 5.32 Å². The van der Waals surface area contributed by atoms with Crippen LogP contribution in [0.4, 0.5) is 5.69 Å². The van der Waals surface area contributed by atoms with Gasteiger partial charge in [-0.05, 0) is 46.3 Å². The Morgan fingerprint density at radius 2 is 1.78 bits per heavy atom. The second-order valence-electron chi connectivity index (χ2n) is 3.56. The van der Waals surface area contributed by atoms with Crippen molar-refractivity contribution in [1.82, 2.24) is 0 Å². The highest BCUT2D eigenvalue weighted by atomic mass is 79.9. The lowest BCUT2D eigenvalue weighted by Crippen LogP contribution is -2.12. The average Bonchev–Trinajstić information content (AvgIpc) is 2.35. The molecule has 0 saturated carbocycles. The minimum atomic E-state index is -0.236. The van der Waals surface area contributed by atoms with E-state index in [2.05, 4.69) is 21.2 Å². The first kappa shape index (κ1) is 13.4. The summed E-state index contributed by atoms with van der Waals surface area (Å²) in [5.41, 5.74) is 1.16. The van der Waals surface area contributed by atoms with Crippen LogP contribution in [0.1, 0.15) is 10.4 Å². The Kier molecular flexibility index (Phi) is 4.27. The Morgan fingerprint density at radius 3 is 2.44 bits per heavy atom. The highest BCUT2D eigenvalue weighted by Crippen LogP contribution is 2.25. The van der Waals surface area contributed by atoms with Crippen LogP contribution in [0.15, 0.2) is 46.9 Å². The van der Waals surface area contributed by atoms with E-state index in [4.69, 9.17) is 23.2 Å². The largest absolute Gasteiger partial charge is 0.321 e. The van der Waals surface area contributed by atoms with Gasteiger partial charge in [0, 0.05) is 10.0 Å². The van der Waals surface area contributed by atoms with Crippen LogP contribution in [0.25, 0.3) is 0 Å². The molecule has 2 aromatic rings. The van der Waals surface area contributed by atoms with E-state index in [0.29, 0.717) is 21.3 Å². The Labute approximate surface area is 123 Å². The number of halogens is 3. The normalized spacial score (nSPS) is 10.2. The number of rotatable bonds is 2. The maximum absolute atomic E-state index is 12.0. The molecule has 0 spiro atoms. The molecule has 0 aliphatic carbocycles. The van der Waals surface area contributed by atoms with Gasteiger partial charge in [-0.25, -0.2) is 0 Å². The van der Waals surface area contributed by atoms with Crippen molar-refractivity contribution in [2.75, 3.05) is 5.32 Å². The summed E-state index contributed by atoms with van der Waals surface area (Å²) in [5, 5.41) is 3.57. The van der Waals surface area contributed by atoms with E-state index in [1.807, 2.05) is 18.2 Å². The van der Waals surface area contributed by atoms with Crippen molar-refractivity contribution in [3.8, 4) is 0 Å². The summed E-state index contributed by atoms with van der Waals surface area (Å²) >= 11 is 15.0. The molecule has 2 nitrogen and oxygen atoms in total. The van der Waals surface area contributed by atoms with Crippen LogP contribution in [0.3, 0.4) is 0 Å². The molecule has 1 amide bonds. The summed E-state index contributed by atoms with van der Waals surface area (Å²) in [6.45, 7) is 0. The lowest BCUT2D eigenvalue weighted by molar-refractivity contribution is 0.102. The fourth-order valence-electron chi connectivity index (χ4n) is 1.39. The van der Waals surface area contributed by atoms with Crippen LogP contribution in [-0.2, 0) is 0 Å². The fraction of sp³-hybridized carbons (Fsp3) is 0. The minimum Gasteiger partial charge on any atom is -0.321 e. The molecule has 2 rings (SSSR count). The lowest BCUT2D eigenvalue weighted by atomic mass is 10.2. The summed E-state index contributed by atoms with van der Waals surface area (Å²) in [4.78, 5) is 12.0. The molecule has 0 bridgehead atoms. The summed E-state index contributed by atoms with van der Waals surface area (Å²) < 4.78 is 0.818. The van der Waals surface area contributed by atoms with E-state index in [9.17, 15) is 4.79 Å². The molecular weight excluding hydrogens is 337 g/mol. The van der Waals surface area contributed by atoms with Crippen LogP contribution >= 0.6 is 39.1 Å². The lowest BCUT2D eigenvalue weighted by Gasteiger charge is -2.07. The number of amides is 1. The Hall–Kier alpha value is -1.03. The first-order valence-electron chi connectivity index (χ1n) is 5.09. The maximum atomic E-state index is 12.0. The highest BCUT2D eigenvalue weighted by Gasteiger charge is 2.09. The molecular formula is C13H8BrCl2NO. The van der Waals surface area contributed by atoms with Crippen LogP contribution in [0, 0.1) is 0 Å². The molecule has 0 saturated heterocycles. The third-order valence-corrected chi connectivity index (χ3v) is 3.73. The van der Waals surface area contributed by atoms with Gasteiger partial charge < -0.3 is 5.32 Å². The number of anilines is 1. The van der Waals surface area contributed by atoms with E-state index < -0.39 is 0 Å². The van der Waals surface area contributed by atoms with E-state index in [1.54, 1.807) is 18.2 Å². The smallest absolute Gasteiger partial charge is 0.255 e. The summed E-state index contributed by atoms with van der Waals surface area (Å²) in [5.74, 6) is -0.236. The first-order valence-corrected chi connectivity index (χ1v) is 6.64. The molecule has 2 aromatic carbocycles. The zero-order valence-corrected chi connectivity index (χ0v) is 12.2. The molecule has 92 valence electrons. The second-order valence-corrected chi connectivity index (χ2v) is 5.23. The topological polar surface area (TPSA) is 29.1 Å². The molecule has 5 heteroatoms. The SMILES string of the molecule is O=C(Nc1ccccc1Br)c1ccc(Cl)c(Cl)c1. The molecule has 0 aromatic heterocycles. The van der Waals surface area contributed by atoms with Gasteiger partial charge in [-0.1, -0.05) is 35.3 Å². The number of benzene rings is 2. The van der Waals surface area contributed by atoms with Gasteiger partial charge in [-0.2, -0.15) is 0 Å². The zero-order valence-electron chi connectivity index (χ0n) is 9.08. The third kappa shape index (κ3) is 3.05. The van der Waals surface area contributed by atoms with Crippen LogP contribution in [0.2, 0.25) is 10.0 Å². The van der Waals surface area contributed by atoms with E-state index >= 15 is 0 Å². The van der Waals surface area contributed by atoms with Gasteiger partial charge in [0.1, 0.15) is 0 Å². The number of hydrogen-bond acceptors (Lipinski definition) is 1. The summed E-state index contributed by atoms with van der Waals surface area (Å²) in [6, 6.07) is 12.1. The summed E-state index contributed by atoms with van der Waals surface area (Å²) in [7, 11) is 0. The van der Waals surface area contributed by atoms with Crippen molar-refractivity contribution in [2.24, 2.45) is 0 Å². The number of para-hydroxylation sites is 1. The van der Waals surface area contributed by atoms with E-state index in [1.165, 1.54) is 6.07 Å². The van der Waals surface area contributed by atoms with Crippen molar-refractivity contribution in [1.29, 1.82) is 0 Å². The van der Waals surface area contributed by atoms with Gasteiger partial charge in [-0.3, -0.25) is 4.79 Å². The number of nitrogens with one attached hydrogen (secondary N) is 1. The molecule has 0 radical (unpaired) electrons. The number of hydrogen-bond donors (Lipinski definition) is 1. The molecule has 1 N–H and O–H groups in total. The monoisotopic (exact) mass is 343 g/mol. The van der Waals surface area contributed by atoms with Crippen LogP contribution in [0.5, 0.6) is 0 Å². The molecule has 18 heavy (non-hydrogen) atoms. The zero-order chi connectivity index (χ0) is 13.1. The van der Waals surface area contributed by atoms with E-state index in [-0.39, 0.29) is 5.91 Å². The molecule has 0 fully saturated rings. The fourth-order valence-corrected chi connectivity index (χ4v) is 2.08. The summed E-state index contributed by atoms with van der Waals surface area (Å²) in [6.07, 6.45) is 0. The minimum absolute atomic E-state index is 0.236. The van der Waals surface area contributed by atoms with Crippen molar-refractivity contribution >= 4 is 50.7 Å². The molecule has 0 unspecified atom stereocenters. The Balaban J connectivity index is 2.22. The molecule has 0 heterocycles.